The number of aromatic nitrogens is 1. The van der Waals surface area contributed by atoms with Crippen LogP contribution in [-0.4, -0.2) is 24.2 Å². The zero-order valence-corrected chi connectivity index (χ0v) is 13.4. The van der Waals surface area contributed by atoms with Crippen molar-refractivity contribution in [3.05, 3.63) is 34.7 Å². The Morgan fingerprint density at radius 3 is 2.70 bits per heavy atom. The van der Waals surface area contributed by atoms with E-state index in [1.54, 1.807) is 18.4 Å². The van der Waals surface area contributed by atoms with Gasteiger partial charge in [-0.05, 0) is 32.9 Å². The van der Waals surface area contributed by atoms with Crippen molar-refractivity contribution in [3.63, 3.8) is 0 Å². The minimum atomic E-state index is 0.155. The summed E-state index contributed by atoms with van der Waals surface area (Å²) in [5.74, 6) is 0.872. The van der Waals surface area contributed by atoms with Crippen LogP contribution in [0.5, 0.6) is 5.75 Å². The molecule has 0 saturated heterocycles. The van der Waals surface area contributed by atoms with Gasteiger partial charge in [0.05, 0.1) is 17.8 Å². The van der Waals surface area contributed by atoms with Crippen molar-refractivity contribution in [1.29, 1.82) is 0 Å². The van der Waals surface area contributed by atoms with Crippen molar-refractivity contribution < 1.29 is 4.74 Å². The Morgan fingerprint density at radius 2 is 2.00 bits per heavy atom. The fourth-order valence-corrected chi connectivity index (χ4v) is 2.75. The minimum Gasteiger partial charge on any atom is -0.496 e. The molecule has 20 heavy (non-hydrogen) atoms. The highest BCUT2D eigenvalue weighted by Gasteiger charge is 2.11. The highest BCUT2D eigenvalue weighted by atomic mass is 32.1. The lowest BCUT2D eigenvalue weighted by molar-refractivity contribution is 0.416. The maximum Gasteiger partial charge on any atom is 0.128 e. The Hall–Kier alpha value is -1.39. The first kappa shape index (κ1) is 15.0. The lowest BCUT2D eigenvalue weighted by Crippen LogP contribution is -2.37. The van der Waals surface area contributed by atoms with Gasteiger partial charge in [-0.2, -0.15) is 0 Å². The fourth-order valence-electron chi connectivity index (χ4n) is 1.95. The summed E-state index contributed by atoms with van der Waals surface area (Å²) in [6.07, 6.45) is 0.955. The number of rotatable bonds is 5. The number of methoxy groups -OCH3 is 1. The normalized spacial score (nSPS) is 11.6. The summed E-state index contributed by atoms with van der Waals surface area (Å²) in [4.78, 5) is 4.71. The van der Waals surface area contributed by atoms with E-state index in [0.29, 0.717) is 0 Å². The highest BCUT2D eigenvalue weighted by Crippen LogP contribution is 2.30. The predicted octanol–water partition coefficient (Wildman–Crippen LogP) is 3.75. The molecular formula is C16H22N2OS. The number of para-hydroxylation sites is 1. The quantitative estimate of drug-likeness (QED) is 0.910. The van der Waals surface area contributed by atoms with E-state index >= 15 is 0 Å². The van der Waals surface area contributed by atoms with Crippen molar-refractivity contribution in [2.75, 3.05) is 13.7 Å². The van der Waals surface area contributed by atoms with Gasteiger partial charge in [-0.25, -0.2) is 4.98 Å². The van der Waals surface area contributed by atoms with Crippen molar-refractivity contribution in [1.82, 2.24) is 10.3 Å². The third-order valence-electron chi connectivity index (χ3n) is 2.93. The van der Waals surface area contributed by atoms with Crippen molar-refractivity contribution in [2.45, 2.75) is 32.7 Å². The molecule has 0 saturated carbocycles. The van der Waals surface area contributed by atoms with Gasteiger partial charge in [0, 0.05) is 29.4 Å². The standard InChI is InChI=1S/C16H22N2OS/c1-16(2,3)17-10-9-15-18-13(11-20-15)12-7-5-6-8-14(12)19-4/h5-8,11,17H,9-10H2,1-4H3. The monoisotopic (exact) mass is 290 g/mol. The Labute approximate surface area is 125 Å². The molecule has 2 rings (SSSR count). The van der Waals surface area contributed by atoms with E-state index in [1.807, 2.05) is 24.3 Å². The Balaban J connectivity index is 2.05. The molecule has 3 nitrogen and oxygen atoms in total. The lowest BCUT2D eigenvalue weighted by atomic mass is 10.1. The Bertz CT molecular complexity index is 558. The van der Waals surface area contributed by atoms with Crippen LogP contribution < -0.4 is 10.1 Å². The maximum absolute atomic E-state index is 5.39. The van der Waals surface area contributed by atoms with Crippen LogP contribution in [0.15, 0.2) is 29.6 Å². The van der Waals surface area contributed by atoms with E-state index in [4.69, 9.17) is 9.72 Å². The topological polar surface area (TPSA) is 34.1 Å². The maximum atomic E-state index is 5.39. The Kier molecular flexibility index (Phi) is 4.78. The van der Waals surface area contributed by atoms with Gasteiger partial charge in [-0.15, -0.1) is 11.3 Å². The van der Waals surface area contributed by atoms with Crippen LogP contribution in [0.2, 0.25) is 0 Å². The first-order chi connectivity index (χ1) is 9.49. The minimum absolute atomic E-state index is 0.155. The van der Waals surface area contributed by atoms with Crippen LogP contribution in [0.25, 0.3) is 11.3 Å². The number of hydrogen-bond acceptors (Lipinski definition) is 4. The highest BCUT2D eigenvalue weighted by molar-refractivity contribution is 7.09. The molecule has 2 aromatic rings. The van der Waals surface area contributed by atoms with E-state index in [2.05, 4.69) is 31.5 Å². The average Bonchev–Trinajstić information content (AvgIpc) is 2.86. The van der Waals surface area contributed by atoms with E-state index in [9.17, 15) is 0 Å². The number of hydrogen-bond donors (Lipinski definition) is 1. The SMILES string of the molecule is COc1ccccc1-c1csc(CCNC(C)(C)C)n1. The number of nitrogens with one attached hydrogen (secondary N) is 1. The first-order valence-corrected chi connectivity index (χ1v) is 7.70. The number of thiazole rings is 1. The van der Waals surface area contributed by atoms with E-state index in [1.165, 1.54) is 0 Å². The van der Waals surface area contributed by atoms with Crippen LogP contribution >= 0.6 is 11.3 Å². The molecule has 0 unspecified atom stereocenters. The first-order valence-electron chi connectivity index (χ1n) is 6.82. The molecule has 1 aromatic heterocycles. The molecule has 1 N–H and O–H groups in total. The van der Waals surface area contributed by atoms with Crippen LogP contribution in [0, 0.1) is 0 Å². The van der Waals surface area contributed by atoms with Gasteiger partial charge in [0.1, 0.15) is 5.75 Å². The van der Waals surface area contributed by atoms with E-state index < -0.39 is 0 Å². The summed E-state index contributed by atoms with van der Waals surface area (Å²) in [7, 11) is 1.69. The van der Waals surface area contributed by atoms with Crippen LogP contribution in [0.1, 0.15) is 25.8 Å². The third kappa shape index (κ3) is 4.05. The molecule has 0 radical (unpaired) electrons. The zero-order valence-electron chi connectivity index (χ0n) is 12.6. The molecule has 0 aliphatic carbocycles. The molecule has 0 atom stereocenters. The molecular weight excluding hydrogens is 268 g/mol. The van der Waals surface area contributed by atoms with Gasteiger partial charge in [-0.3, -0.25) is 0 Å². The molecule has 0 bridgehead atoms. The second-order valence-corrected chi connectivity index (χ2v) is 6.70. The summed E-state index contributed by atoms with van der Waals surface area (Å²) in [6.45, 7) is 7.47. The number of nitrogens with zero attached hydrogens (tertiary/aromatic N) is 1. The van der Waals surface area contributed by atoms with Crippen LogP contribution in [0.4, 0.5) is 0 Å². The van der Waals surface area contributed by atoms with Gasteiger partial charge in [0.15, 0.2) is 0 Å². The zero-order chi connectivity index (χ0) is 14.6. The van der Waals surface area contributed by atoms with E-state index in [-0.39, 0.29) is 5.54 Å². The molecule has 0 spiro atoms. The average molecular weight is 290 g/mol. The number of benzene rings is 1. The van der Waals surface area contributed by atoms with Crippen molar-refractivity contribution >= 4 is 11.3 Å². The molecule has 0 amide bonds. The van der Waals surface area contributed by atoms with Gasteiger partial charge in [-0.1, -0.05) is 12.1 Å². The summed E-state index contributed by atoms with van der Waals surface area (Å²) in [6, 6.07) is 8.00. The molecule has 1 heterocycles. The van der Waals surface area contributed by atoms with Crippen molar-refractivity contribution in [2.24, 2.45) is 0 Å². The van der Waals surface area contributed by atoms with E-state index in [0.717, 1.165) is 35.0 Å². The largest absolute Gasteiger partial charge is 0.496 e. The van der Waals surface area contributed by atoms with Gasteiger partial charge in [0.25, 0.3) is 0 Å². The summed E-state index contributed by atoms with van der Waals surface area (Å²) < 4.78 is 5.39. The molecule has 0 fully saturated rings. The predicted molar refractivity (Wildman–Crippen MR) is 85.6 cm³/mol. The smallest absolute Gasteiger partial charge is 0.128 e. The summed E-state index contributed by atoms with van der Waals surface area (Å²) in [5.41, 5.74) is 2.21. The second kappa shape index (κ2) is 6.37. The molecule has 108 valence electrons. The number of ether oxygens (including phenoxy) is 1. The second-order valence-electron chi connectivity index (χ2n) is 5.75. The van der Waals surface area contributed by atoms with Gasteiger partial charge >= 0.3 is 0 Å². The fraction of sp³-hybridized carbons (Fsp3) is 0.438. The summed E-state index contributed by atoms with van der Waals surface area (Å²) in [5, 5.41) is 6.74. The van der Waals surface area contributed by atoms with Crippen LogP contribution in [0.3, 0.4) is 0 Å². The molecule has 4 heteroatoms. The van der Waals surface area contributed by atoms with Crippen molar-refractivity contribution in [3.8, 4) is 17.0 Å². The molecule has 0 aliphatic rings. The van der Waals surface area contributed by atoms with Crippen LogP contribution in [-0.2, 0) is 6.42 Å². The van der Waals surface area contributed by atoms with Gasteiger partial charge < -0.3 is 10.1 Å². The third-order valence-corrected chi connectivity index (χ3v) is 3.84. The lowest BCUT2D eigenvalue weighted by Gasteiger charge is -2.19. The summed E-state index contributed by atoms with van der Waals surface area (Å²) >= 11 is 1.71. The Morgan fingerprint density at radius 1 is 1.25 bits per heavy atom. The molecule has 1 aromatic carbocycles. The van der Waals surface area contributed by atoms with Gasteiger partial charge in [0.2, 0.25) is 0 Å². The molecule has 0 aliphatic heterocycles.